The largest absolute Gasteiger partial charge is 0.456 e. The highest BCUT2D eigenvalue weighted by molar-refractivity contribution is 14.1. The fourth-order valence-electron chi connectivity index (χ4n) is 3.05. The lowest BCUT2D eigenvalue weighted by Crippen LogP contribution is -2.24. The first-order valence-electron chi connectivity index (χ1n) is 9.23. The normalized spacial score (nSPS) is 11.3. The Balaban J connectivity index is 1.97. The summed E-state index contributed by atoms with van der Waals surface area (Å²) in [6.45, 7) is 0. The lowest BCUT2D eigenvalue weighted by Gasteiger charge is -2.17. The van der Waals surface area contributed by atoms with Gasteiger partial charge in [-0.25, -0.2) is 17.2 Å². The van der Waals surface area contributed by atoms with E-state index >= 15 is 0 Å². The number of benzene rings is 3. The number of hydrogen-bond donors (Lipinski definition) is 1. The number of amides is 1. The van der Waals surface area contributed by atoms with Crippen LogP contribution in [0.4, 0.5) is 14.5 Å². The summed E-state index contributed by atoms with van der Waals surface area (Å²) in [6.07, 6.45) is 1.01. The molecule has 0 spiro atoms. The summed E-state index contributed by atoms with van der Waals surface area (Å²) < 4.78 is 59.5. The number of halogens is 3. The molecule has 6 nitrogen and oxygen atoms in total. The number of primary amides is 1. The Morgan fingerprint density at radius 2 is 1.72 bits per heavy atom. The molecule has 2 N–H and O–H groups in total. The van der Waals surface area contributed by atoms with Crippen molar-refractivity contribution in [3.05, 3.63) is 86.5 Å². The maximum absolute atomic E-state index is 14.3. The van der Waals surface area contributed by atoms with Crippen molar-refractivity contribution < 1.29 is 26.7 Å². The minimum atomic E-state index is -3.44. The Bertz CT molecular complexity index is 1280. The van der Waals surface area contributed by atoms with Crippen molar-refractivity contribution in [2.45, 2.75) is 6.42 Å². The third-order valence-electron chi connectivity index (χ3n) is 4.72. The third-order valence-corrected chi connectivity index (χ3v) is 6.59. The van der Waals surface area contributed by atoms with Crippen molar-refractivity contribution in [1.29, 1.82) is 0 Å². The molecule has 0 radical (unpaired) electrons. The molecule has 0 aliphatic carbocycles. The van der Waals surface area contributed by atoms with Crippen molar-refractivity contribution in [3.63, 3.8) is 0 Å². The average molecular weight is 572 g/mol. The molecule has 0 unspecified atom stereocenters. The molecule has 0 fully saturated rings. The monoisotopic (exact) mass is 572 g/mol. The van der Waals surface area contributed by atoms with Crippen molar-refractivity contribution in [2.75, 3.05) is 17.6 Å². The quantitative estimate of drug-likeness (QED) is 0.424. The third kappa shape index (κ3) is 5.54. The molecule has 0 saturated carbocycles. The Hall–Kier alpha value is -2.73. The summed E-state index contributed by atoms with van der Waals surface area (Å²) >= 11 is 1.97. The highest BCUT2D eigenvalue weighted by Gasteiger charge is 2.20. The average Bonchev–Trinajstić information content (AvgIpc) is 2.69. The zero-order chi connectivity index (χ0) is 23.6. The molecule has 3 rings (SSSR count). The smallest absolute Gasteiger partial charge is 0.252 e. The molecule has 0 heterocycles. The van der Waals surface area contributed by atoms with Gasteiger partial charge in [-0.05, 0) is 76.2 Å². The lowest BCUT2D eigenvalue weighted by molar-refractivity contribution is 0.0997. The second-order valence-corrected chi connectivity index (χ2v) is 10.3. The Labute approximate surface area is 198 Å². The molecule has 1 amide bonds. The van der Waals surface area contributed by atoms with Crippen LogP contribution in [0.3, 0.4) is 0 Å². The Morgan fingerprint density at radius 1 is 1.06 bits per heavy atom. The summed E-state index contributed by atoms with van der Waals surface area (Å²) in [6, 6.07) is 12.7. The minimum absolute atomic E-state index is 0.0623. The maximum Gasteiger partial charge on any atom is 0.252 e. The van der Waals surface area contributed by atoms with Crippen LogP contribution in [0, 0.1) is 15.2 Å². The second kappa shape index (κ2) is 9.41. The molecule has 3 aromatic rings. The summed E-state index contributed by atoms with van der Waals surface area (Å²) in [5.74, 6) is -1.91. The predicted molar refractivity (Wildman–Crippen MR) is 127 cm³/mol. The number of carbonyl (C=O) groups excluding carboxylic acids is 1. The Morgan fingerprint density at radius 3 is 2.28 bits per heavy atom. The van der Waals surface area contributed by atoms with Crippen molar-refractivity contribution in [2.24, 2.45) is 5.73 Å². The first-order valence-corrected chi connectivity index (χ1v) is 12.2. The molecule has 0 bridgehead atoms. The molecular weight excluding hydrogens is 553 g/mol. The van der Waals surface area contributed by atoms with Gasteiger partial charge in [-0.3, -0.25) is 9.10 Å². The first kappa shape index (κ1) is 23.9. The van der Waals surface area contributed by atoms with E-state index in [1.54, 1.807) is 12.1 Å². The predicted octanol–water partition coefficient (Wildman–Crippen LogP) is 4.45. The molecule has 3 aromatic carbocycles. The summed E-state index contributed by atoms with van der Waals surface area (Å²) in [5.41, 5.74) is 6.32. The number of carbonyl (C=O) groups is 1. The summed E-state index contributed by atoms with van der Waals surface area (Å²) in [5, 5.41) is 0. The Kier molecular flexibility index (Phi) is 7.03. The van der Waals surface area contributed by atoms with Crippen molar-refractivity contribution in [1.82, 2.24) is 0 Å². The number of nitrogens with two attached hydrogens (primary N) is 1. The van der Waals surface area contributed by atoms with Gasteiger partial charge in [0, 0.05) is 23.1 Å². The van der Waals surface area contributed by atoms with Crippen LogP contribution in [0.1, 0.15) is 21.5 Å². The van der Waals surface area contributed by atoms with Gasteiger partial charge in [0.15, 0.2) is 0 Å². The van der Waals surface area contributed by atoms with E-state index in [0.717, 1.165) is 22.7 Å². The van der Waals surface area contributed by atoms with Gasteiger partial charge < -0.3 is 10.5 Å². The molecule has 10 heteroatoms. The van der Waals surface area contributed by atoms with E-state index in [0.29, 0.717) is 9.26 Å². The maximum atomic E-state index is 14.3. The van der Waals surface area contributed by atoms with Crippen LogP contribution < -0.4 is 14.8 Å². The SMILES string of the molecule is CN(c1ccc(Oc2cc(F)cc(Cc3ccc(I)cc3F)c2C(N)=O)cc1)S(C)(=O)=O. The van der Waals surface area contributed by atoms with Crippen LogP contribution in [-0.4, -0.2) is 27.6 Å². The number of rotatable bonds is 7. The van der Waals surface area contributed by atoms with Gasteiger partial charge >= 0.3 is 0 Å². The van der Waals surface area contributed by atoms with E-state index in [2.05, 4.69) is 0 Å². The number of ether oxygens (including phenoxy) is 1. The zero-order valence-electron chi connectivity index (χ0n) is 17.1. The van der Waals surface area contributed by atoms with Crippen LogP contribution in [0.5, 0.6) is 11.5 Å². The van der Waals surface area contributed by atoms with E-state index in [1.165, 1.54) is 37.4 Å². The van der Waals surface area contributed by atoms with Gasteiger partial charge in [-0.15, -0.1) is 0 Å². The zero-order valence-corrected chi connectivity index (χ0v) is 20.1. The van der Waals surface area contributed by atoms with Gasteiger partial charge in [0.25, 0.3) is 5.91 Å². The summed E-state index contributed by atoms with van der Waals surface area (Å²) in [7, 11) is -2.04. The molecule has 0 aliphatic heterocycles. The minimum Gasteiger partial charge on any atom is -0.456 e. The van der Waals surface area contributed by atoms with E-state index in [9.17, 15) is 22.0 Å². The van der Waals surface area contributed by atoms with E-state index in [4.69, 9.17) is 10.5 Å². The van der Waals surface area contributed by atoms with E-state index < -0.39 is 27.6 Å². The van der Waals surface area contributed by atoms with Crippen LogP contribution in [0.15, 0.2) is 54.6 Å². The van der Waals surface area contributed by atoms with Crippen molar-refractivity contribution >= 4 is 44.2 Å². The molecule has 168 valence electrons. The number of hydrogen-bond acceptors (Lipinski definition) is 4. The molecule has 0 saturated heterocycles. The van der Waals surface area contributed by atoms with Crippen LogP contribution in [0.25, 0.3) is 0 Å². The first-order chi connectivity index (χ1) is 15.0. The van der Waals surface area contributed by atoms with Gasteiger partial charge in [0.1, 0.15) is 23.1 Å². The van der Waals surface area contributed by atoms with Crippen LogP contribution in [-0.2, 0) is 16.4 Å². The highest BCUT2D eigenvalue weighted by atomic mass is 127. The van der Waals surface area contributed by atoms with Gasteiger partial charge in [-0.1, -0.05) is 6.07 Å². The highest BCUT2D eigenvalue weighted by Crippen LogP contribution is 2.32. The van der Waals surface area contributed by atoms with Gasteiger partial charge in [0.2, 0.25) is 10.0 Å². The van der Waals surface area contributed by atoms with Crippen LogP contribution in [0.2, 0.25) is 0 Å². The number of sulfonamides is 1. The van der Waals surface area contributed by atoms with Gasteiger partial charge in [0.05, 0.1) is 17.5 Å². The number of anilines is 1. The molecule has 0 aromatic heterocycles. The lowest BCUT2D eigenvalue weighted by atomic mass is 9.98. The molecular formula is C22H19F2IN2O4S. The van der Waals surface area contributed by atoms with Crippen LogP contribution >= 0.6 is 22.6 Å². The molecule has 0 aliphatic rings. The number of nitrogens with zero attached hydrogens (tertiary/aromatic N) is 1. The topological polar surface area (TPSA) is 89.7 Å². The molecule has 0 atom stereocenters. The second-order valence-electron chi connectivity index (χ2n) is 7.04. The standard InChI is InChI=1S/C22H19F2IN2O4S/c1-27(32(2,29)30)17-5-7-18(8-6-17)31-20-11-15(23)10-14(21(20)22(26)28)9-13-3-4-16(25)12-19(13)24/h3-8,10-12H,9H2,1-2H3,(H2,26,28). The van der Waals surface area contributed by atoms with Crippen molar-refractivity contribution in [3.8, 4) is 11.5 Å². The summed E-state index contributed by atoms with van der Waals surface area (Å²) in [4.78, 5) is 12.2. The fraction of sp³-hybridized carbons (Fsp3) is 0.136. The fourth-order valence-corrected chi connectivity index (χ4v) is 4.01. The van der Waals surface area contributed by atoms with E-state index in [-0.39, 0.29) is 34.6 Å². The van der Waals surface area contributed by atoms with Gasteiger partial charge in [-0.2, -0.15) is 0 Å². The van der Waals surface area contributed by atoms with E-state index in [1.807, 2.05) is 22.6 Å². The molecule has 32 heavy (non-hydrogen) atoms.